The van der Waals surface area contributed by atoms with Crippen molar-refractivity contribution < 1.29 is 22.6 Å². The van der Waals surface area contributed by atoms with Gasteiger partial charge in [-0.05, 0) is 38.1 Å². The number of ether oxygens (including phenoxy) is 3. The van der Waals surface area contributed by atoms with Crippen molar-refractivity contribution in [2.24, 2.45) is 5.41 Å². The maximum absolute atomic E-state index is 13.3. The number of likely N-dealkylation sites (tertiary alicyclic amines) is 1. The van der Waals surface area contributed by atoms with Gasteiger partial charge in [-0.1, -0.05) is 12.1 Å². The van der Waals surface area contributed by atoms with Gasteiger partial charge in [-0.15, -0.1) is 0 Å². The smallest absolute Gasteiger partial charge is 0.246 e. The number of sulfonamides is 1. The molecule has 0 aliphatic carbocycles. The highest BCUT2D eigenvalue weighted by Crippen LogP contribution is 2.39. The van der Waals surface area contributed by atoms with E-state index in [9.17, 15) is 8.42 Å². The first-order chi connectivity index (χ1) is 13.0. The molecule has 1 fully saturated rings. The number of hydrogen-bond acceptors (Lipinski definition) is 6. The maximum Gasteiger partial charge on any atom is 0.246 e. The summed E-state index contributed by atoms with van der Waals surface area (Å²) >= 11 is 0. The van der Waals surface area contributed by atoms with Crippen LogP contribution in [0.2, 0.25) is 0 Å². The van der Waals surface area contributed by atoms with Gasteiger partial charge >= 0.3 is 0 Å². The Morgan fingerprint density at radius 1 is 1.07 bits per heavy atom. The molecule has 2 heterocycles. The first-order valence-electron chi connectivity index (χ1n) is 9.43. The zero-order valence-electron chi connectivity index (χ0n) is 16.2. The van der Waals surface area contributed by atoms with Crippen molar-refractivity contribution in [3.63, 3.8) is 0 Å². The molecule has 0 atom stereocenters. The predicted molar refractivity (Wildman–Crippen MR) is 103 cm³/mol. The first kappa shape index (κ1) is 20.5. The second kappa shape index (κ2) is 8.87. The van der Waals surface area contributed by atoms with E-state index in [0.29, 0.717) is 38.7 Å². The molecule has 0 unspecified atom stereocenters. The molecule has 1 spiro atoms. The van der Waals surface area contributed by atoms with Crippen LogP contribution in [0.5, 0.6) is 5.75 Å². The lowest BCUT2D eigenvalue weighted by molar-refractivity contribution is 0.0239. The summed E-state index contributed by atoms with van der Waals surface area (Å²) in [4.78, 5) is 2.61. The van der Waals surface area contributed by atoms with Crippen LogP contribution in [0.1, 0.15) is 12.8 Å². The van der Waals surface area contributed by atoms with Crippen LogP contribution in [0.15, 0.2) is 29.2 Å². The molecular formula is C19H30N2O5S. The van der Waals surface area contributed by atoms with Crippen LogP contribution in [0.4, 0.5) is 0 Å². The standard InChI is InChI=1S/C19H30N2O5S/c1-24-13-11-20-9-7-19(8-10-20)15-21(12-14-25-2)27(22,23)18-6-4-3-5-17(18)26-16-19/h3-6H,7-16H2,1-2H3. The number of rotatable bonds is 6. The highest BCUT2D eigenvalue weighted by atomic mass is 32.2. The lowest BCUT2D eigenvalue weighted by Gasteiger charge is -2.45. The molecule has 1 aromatic carbocycles. The third-order valence-electron chi connectivity index (χ3n) is 5.59. The van der Waals surface area contributed by atoms with E-state index in [1.54, 1.807) is 36.7 Å². The van der Waals surface area contributed by atoms with Crippen LogP contribution >= 0.6 is 0 Å². The van der Waals surface area contributed by atoms with Gasteiger partial charge in [-0.2, -0.15) is 4.31 Å². The molecule has 0 radical (unpaired) electrons. The number of para-hydroxylation sites is 1. The summed E-state index contributed by atoms with van der Waals surface area (Å²) in [6, 6.07) is 6.92. The average molecular weight is 399 g/mol. The van der Waals surface area contributed by atoms with Gasteiger partial charge in [0.2, 0.25) is 10.0 Å². The van der Waals surface area contributed by atoms with Gasteiger partial charge in [-0.3, -0.25) is 0 Å². The van der Waals surface area contributed by atoms with E-state index in [1.807, 2.05) is 6.07 Å². The lowest BCUT2D eigenvalue weighted by atomic mass is 9.79. The molecule has 0 amide bonds. The molecule has 0 aromatic heterocycles. The van der Waals surface area contributed by atoms with E-state index < -0.39 is 10.0 Å². The normalized spacial score (nSPS) is 22.6. The Kier molecular flexibility index (Phi) is 6.75. The molecule has 0 N–H and O–H groups in total. The van der Waals surface area contributed by atoms with Gasteiger partial charge in [-0.25, -0.2) is 8.42 Å². The van der Waals surface area contributed by atoms with Gasteiger partial charge in [0.15, 0.2) is 0 Å². The summed E-state index contributed by atoms with van der Waals surface area (Å²) in [6.07, 6.45) is 1.80. The largest absolute Gasteiger partial charge is 0.492 e. The van der Waals surface area contributed by atoms with Gasteiger partial charge in [0.05, 0.1) is 19.8 Å². The number of benzene rings is 1. The molecule has 27 heavy (non-hydrogen) atoms. The molecule has 2 aliphatic heterocycles. The minimum atomic E-state index is -3.62. The third kappa shape index (κ3) is 4.63. The van der Waals surface area contributed by atoms with Crippen molar-refractivity contribution in [3.05, 3.63) is 24.3 Å². The molecule has 8 heteroatoms. The topological polar surface area (TPSA) is 68.3 Å². The van der Waals surface area contributed by atoms with Crippen LogP contribution < -0.4 is 4.74 Å². The van der Waals surface area contributed by atoms with Gasteiger partial charge in [0.25, 0.3) is 0 Å². The fraction of sp³-hybridized carbons (Fsp3) is 0.684. The number of hydrogen-bond donors (Lipinski definition) is 0. The SMILES string of the molecule is COCCN1CCC2(CC1)COc1ccccc1S(=O)(=O)N(CCOC)C2. The fourth-order valence-corrected chi connectivity index (χ4v) is 5.49. The first-order valence-corrected chi connectivity index (χ1v) is 10.9. The van der Waals surface area contributed by atoms with Gasteiger partial charge in [0.1, 0.15) is 10.6 Å². The Labute approximate surface area is 162 Å². The summed E-state index contributed by atoms with van der Waals surface area (Å²) in [5, 5.41) is 0. The van der Waals surface area contributed by atoms with Crippen molar-refractivity contribution >= 4 is 10.0 Å². The van der Waals surface area contributed by atoms with Crippen molar-refractivity contribution in [1.82, 2.24) is 9.21 Å². The zero-order valence-corrected chi connectivity index (χ0v) is 17.0. The molecule has 1 aromatic rings. The Morgan fingerprint density at radius 2 is 1.74 bits per heavy atom. The Morgan fingerprint density at radius 3 is 2.44 bits per heavy atom. The lowest BCUT2D eigenvalue weighted by Crippen LogP contribution is -2.52. The van der Waals surface area contributed by atoms with Gasteiger partial charge in [0, 0.05) is 39.3 Å². The summed E-state index contributed by atoms with van der Waals surface area (Å²) < 4.78 is 44.5. The second-order valence-electron chi connectivity index (χ2n) is 7.40. The highest BCUT2D eigenvalue weighted by Gasteiger charge is 2.42. The maximum atomic E-state index is 13.3. The van der Waals surface area contributed by atoms with Crippen molar-refractivity contribution in [2.45, 2.75) is 17.7 Å². The summed E-state index contributed by atoms with van der Waals surface area (Å²) in [5.74, 6) is 0.445. The molecule has 1 saturated heterocycles. The van der Waals surface area contributed by atoms with Crippen LogP contribution in [-0.4, -0.2) is 84.4 Å². The molecule has 7 nitrogen and oxygen atoms in total. The van der Waals surface area contributed by atoms with Crippen molar-refractivity contribution in [3.8, 4) is 5.75 Å². The van der Waals surface area contributed by atoms with Crippen LogP contribution in [0.3, 0.4) is 0 Å². The van der Waals surface area contributed by atoms with Crippen molar-refractivity contribution in [2.75, 3.05) is 66.8 Å². The Balaban J connectivity index is 1.85. The molecule has 0 saturated carbocycles. The number of fused-ring (bicyclic) bond motifs is 1. The van der Waals surface area contributed by atoms with E-state index in [-0.39, 0.29) is 10.3 Å². The predicted octanol–water partition coefficient (Wildman–Crippen LogP) is 1.44. The quantitative estimate of drug-likeness (QED) is 0.722. The fourth-order valence-electron chi connectivity index (χ4n) is 3.82. The van der Waals surface area contributed by atoms with Crippen LogP contribution in [0, 0.1) is 5.41 Å². The Hall–Kier alpha value is -1.19. The van der Waals surface area contributed by atoms with E-state index in [4.69, 9.17) is 14.2 Å². The summed E-state index contributed by atoms with van der Waals surface area (Å²) in [6.45, 7) is 5.18. The van der Waals surface area contributed by atoms with Gasteiger partial charge < -0.3 is 19.1 Å². The second-order valence-corrected chi connectivity index (χ2v) is 9.31. The minimum Gasteiger partial charge on any atom is -0.492 e. The minimum absolute atomic E-state index is 0.183. The summed E-state index contributed by atoms with van der Waals surface area (Å²) in [5.41, 5.74) is -0.183. The van der Waals surface area contributed by atoms with E-state index >= 15 is 0 Å². The average Bonchev–Trinajstić information content (AvgIpc) is 2.68. The van der Waals surface area contributed by atoms with Crippen molar-refractivity contribution in [1.29, 1.82) is 0 Å². The number of methoxy groups -OCH3 is 2. The molecular weight excluding hydrogens is 368 g/mol. The van der Waals surface area contributed by atoms with Crippen LogP contribution in [-0.2, 0) is 19.5 Å². The van der Waals surface area contributed by atoms with E-state index in [0.717, 1.165) is 32.5 Å². The third-order valence-corrected chi connectivity index (χ3v) is 7.47. The Bertz CT molecular complexity index is 717. The molecule has 3 rings (SSSR count). The summed E-state index contributed by atoms with van der Waals surface area (Å²) in [7, 11) is -0.316. The van der Waals surface area contributed by atoms with E-state index in [1.165, 1.54) is 0 Å². The molecule has 0 bridgehead atoms. The molecule has 2 aliphatic rings. The highest BCUT2D eigenvalue weighted by molar-refractivity contribution is 7.89. The zero-order chi connectivity index (χ0) is 19.3. The number of piperidine rings is 1. The number of nitrogens with zero attached hydrogens (tertiary/aromatic N) is 2. The molecule has 152 valence electrons. The monoisotopic (exact) mass is 398 g/mol. The van der Waals surface area contributed by atoms with E-state index in [2.05, 4.69) is 4.90 Å². The van der Waals surface area contributed by atoms with Crippen LogP contribution in [0.25, 0.3) is 0 Å².